The first-order valence-electron chi connectivity index (χ1n) is 12.9. The van der Waals surface area contributed by atoms with Crippen molar-refractivity contribution in [2.45, 2.75) is 31.6 Å². The van der Waals surface area contributed by atoms with Gasteiger partial charge in [0.25, 0.3) is 5.91 Å². The third kappa shape index (κ3) is 8.11. The minimum Gasteiger partial charge on any atom is -0.378 e. The fourth-order valence-electron chi connectivity index (χ4n) is 4.25. The lowest BCUT2D eigenvalue weighted by Gasteiger charge is -2.31. The summed E-state index contributed by atoms with van der Waals surface area (Å²) in [6, 6.07) is 19.2. The number of anilines is 2. The van der Waals surface area contributed by atoms with Gasteiger partial charge < -0.3 is 15.1 Å². The van der Waals surface area contributed by atoms with Crippen molar-refractivity contribution in [2.75, 3.05) is 30.1 Å². The van der Waals surface area contributed by atoms with Crippen LogP contribution in [0.15, 0.2) is 84.0 Å². The predicted molar refractivity (Wildman–Crippen MR) is 158 cm³/mol. The summed E-state index contributed by atoms with van der Waals surface area (Å²) in [5.41, 5.74) is 4.11. The minimum atomic E-state index is -1.11. The number of amides is 2. The van der Waals surface area contributed by atoms with Gasteiger partial charge >= 0.3 is 0 Å². The molecule has 0 fully saturated rings. The lowest BCUT2D eigenvalue weighted by molar-refractivity contribution is -0.137. The highest BCUT2D eigenvalue weighted by molar-refractivity contribution is 7.99. The van der Waals surface area contributed by atoms with E-state index in [1.54, 1.807) is 24.3 Å². The number of carbonyl (C=O) groups is 2. The molecule has 0 spiro atoms. The van der Waals surface area contributed by atoms with E-state index in [0.29, 0.717) is 22.0 Å². The molecule has 2 amide bonds. The van der Waals surface area contributed by atoms with E-state index in [-0.39, 0.29) is 18.2 Å². The summed E-state index contributed by atoms with van der Waals surface area (Å²) < 4.78 is 27.5. The molecule has 0 bridgehead atoms. The molecule has 212 valence electrons. The second kappa shape index (κ2) is 13.4. The maximum absolute atomic E-state index is 13.9. The molecule has 0 unspecified atom stereocenters. The van der Waals surface area contributed by atoms with Gasteiger partial charge in [-0.1, -0.05) is 36.0 Å². The number of halogens is 2. The maximum Gasteiger partial charge on any atom is 0.251 e. The van der Waals surface area contributed by atoms with E-state index in [9.17, 15) is 18.4 Å². The van der Waals surface area contributed by atoms with E-state index in [1.165, 1.54) is 41.3 Å². The van der Waals surface area contributed by atoms with E-state index in [1.807, 2.05) is 51.0 Å². The second-order valence-corrected chi connectivity index (χ2v) is 10.7. The maximum atomic E-state index is 13.9. The molecule has 7 nitrogen and oxygen atoms in total. The smallest absolute Gasteiger partial charge is 0.251 e. The molecule has 0 aliphatic heterocycles. The Bertz CT molecular complexity index is 1480. The van der Waals surface area contributed by atoms with Gasteiger partial charge in [-0.15, -0.1) is 0 Å². The third-order valence-corrected chi connectivity index (χ3v) is 7.10. The Labute approximate surface area is 242 Å². The number of hydrogen-bond donors (Lipinski definition) is 1. The van der Waals surface area contributed by atoms with Gasteiger partial charge in [-0.05, 0) is 79.6 Å². The van der Waals surface area contributed by atoms with Crippen molar-refractivity contribution >= 4 is 35.0 Å². The standard InChI is InChI=1S/C31H31F2N5O2S/c1-20-17-21(2)35-31(34-20)41-19-28(39)38(18-22-5-9-24(32)10-6-22)29(23-7-11-25(33)12-8-23)30(40)36-26-13-15-27(16-14-26)37(3)4/h5-17,29H,18-19H2,1-4H3,(H,36,40)/t29-/m1/s1. The highest BCUT2D eigenvalue weighted by atomic mass is 32.2. The fraction of sp³-hybridized carbons (Fsp3) is 0.226. The molecule has 41 heavy (non-hydrogen) atoms. The molecule has 0 saturated carbocycles. The van der Waals surface area contributed by atoms with Crippen molar-refractivity contribution in [1.29, 1.82) is 0 Å². The molecule has 1 aromatic heterocycles. The van der Waals surface area contributed by atoms with Gasteiger partial charge in [-0.25, -0.2) is 18.7 Å². The van der Waals surface area contributed by atoms with Gasteiger partial charge in [0.05, 0.1) is 5.75 Å². The van der Waals surface area contributed by atoms with Gasteiger partial charge in [0.15, 0.2) is 5.16 Å². The fourth-order valence-corrected chi connectivity index (χ4v) is 5.08. The molecule has 10 heteroatoms. The van der Waals surface area contributed by atoms with Gasteiger partial charge in [0.1, 0.15) is 17.7 Å². The van der Waals surface area contributed by atoms with Gasteiger partial charge in [-0.2, -0.15) is 0 Å². The number of thioether (sulfide) groups is 1. The SMILES string of the molecule is Cc1cc(C)nc(SCC(=O)N(Cc2ccc(F)cc2)[C@@H](C(=O)Nc2ccc(N(C)C)cc2)c2ccc(F)cc2)n1. The summed E-state index contributed by atoms with van der Waals surface area (Å²) in [6.45, 7) is 3.71. The Balaban J connectivity index is 1.69. The van der Waals surface area contributed by atoms with E-state index < -0.39 is 23.6 Å². The van der Waals surface area contributed by atoms with Crippen LogP contribution in [0.1, 0.15) is 28.6 Å². The van der Waals surface area contributed by atoms with E-state index in [4.69, 9.17) is 0 Å². The van der Waals surface area contributed by atoms with Crippen molar-refractivity contribution in [1.82, 2.24) is 14.9 Å². The lowest BCUT2D eigenvalue weighted by Crippen LogP contribution is -2.41. The third-order valence-electron chi connectivity index (χ3n) is 6.27. The molecular weight excluding hydrogens is 544 g/mol. The molecular formula is C31H31F2N5O2S. The lowest BCUT2D eigenvalue weighted by atomic mass is 10.0. The number of aryl methyl sites for hydroxylation is 2. The van der Waals surface area contributed by atoms with Crippen LogP contribution in [0.5, 0.6) is 0 Å². The molecule has 1 N–H and O–H groups in total. The predicted octanol–water partition coefficient (Wildman–Crippen LogP) is 5.94. The van der Waals surface area contributed by atoms with Crippen LogP contribution in [0.2, 0.25) is 0 Å². The highest BCUT2D eigenvalue weighted by Gasteiger charge is 2.32. The Morgan fingerprint density at radius 1 is 0.854 bits per heavy atom. The van der Waals surface area contributed by atoms with Crippen molar-refractivity contribution in [3.8, 4) is 0 Å². The summed E-state index contributed by atoms with van der Waals surface area (Å²) in [5, 5.41) is 3.35. The first-order chi connectivity index (χ1) is 19.6. The molecule has 3 aromatic carbocycles. The number of hydrogen-bond acceptors (Lipinski definition) is 6. The second-order valence-electron chi connectivity index (χ2n) is 9.75. The molecule has 0 aliphatic carbocycles. The van der Waals surface area contributed by atoms with Crippen LogP contribution in [0.4, 0.5) is 20.2 Å². The first kappa shape index (κ1) is 29.7. The topological polar surface area (TPSA) is 78.4 Å². The molecule has 1 atom stereocenters. The normalized spacial score (nSPS) is 11.6. The Hall–Kier alpha value is -4.31. The summed E-state index contributed by atoms with van der Waals surface area (Å²) in [6.07, 6.45) is 0. The zero-order valence-corrected chi connectivity index (χ0v) is 24.1. The molecule has 0 aliphatic rings. The quantitative estimate of drug-likeness (QED) is 0.186. The number of carbonyl (C=O) groups excluding carboxylic acids is 2. The Kier molecular flexibility index (Phi) is 9.67. The summed E-state index contributed by atoms with van der Waals surface area (Å²) >= 11 is 1.16. The first-order valence-corrected chi connectivity index (χ1v) is 13.9. The number of nitrogens with zero attached hydrogens (tertiary/aromatic N) is 4. The number of nitrogens with one attached hydrogen (secondary N) is 1. The van der Waals surface area contributed by atoms with Crippen LogP contribution in [0.25, 0.3) is 0 Å². The number of rotatable bonds is 10. The van der Waals surface area contributed by atoms with Crippen LogP contribution < -0.4 is 10.2 Å². The number of benzene rings is 3. The summed E-state index contributed by atoms with van der Waals surface area (Å²) in [4.78, 5) is 39.8. The van der Waals surface area contributed by atoms with E-state index in [0.717, 1.165) is 28.8 Å². The summed E-state index contributed by atoms with van der Waals surface area (Å²) in [7, 11) is 3.83. The zero-order chi connectivity index (χ0) is 29.5. The van der Waals surface area contributed by atoms with Gasteiger partial charge in [0.2, 0.25) is 5.91 Å². The molecule has 4 aromatic rings. The molecule has 4 rings (SSSR count). The molecule has 1 heterocycles. The van der Waals surface area contributed by atoms with Gasteiger partial charge in [0, 0.05) is 43.4 Å². The average molecular weight is 576 g/mol. The minimum absolute atomic E-state index is 0.0163. The van der Waals surface area contributed by atoms with Crippen LogP contribution in [0, 0.1) is 25.5 Å². The van der Waals surface area contributed by atoms with Crippen molar-refractivity contribution in [3.63, 3.8) is 0 Å². The highest BCUT2D eigenvalue weighted by Crippen LogP contribution is 2.28. The molecule has 0 saturated heterocycles. The Morgan fingerprint density at radius 2 is 1.41 bits per heavy atom. The molecule has 0 radical (unpaired) electrons. The van der Waals surface area contributed by atoms with Crippen LogP contribution in [-0.4, -0.2) is 46.5 Å². The van der Waals surface area contributed by atoms with Crippen molar-refractivity contribution in [3.05, 3.63) is 113 Å². The zero-order valence-electron chi connectivity index (χ0n) is 23.3. The van der Waals surface area contributed by atoms with E-state index in [2.05, 4.69) is 15.3 Å². The van der Waals surface area contributed by atoms with Crippen molar-refractivity contribution in [2.24, 2.45) is 0 Å². The van der Waals surface area contributed by atoms with Crippen LogP contribution in [0.3, 0.4) is 0 Å². The van der Waals surface area contributed by atoms with Crippen molar-refractivity contribution < 1.29 is 18.4 Å². The van der Waals surface area contributed by atoms with Gasteiger partial charge in [-0.3, -0.25) is 9.59 Å². The van der Waals surface area contributed by atoms with Crippen LogP contribution >= 0.6 is 11.8 Å². The number of aromatic nitrogens is 2. The van der Waals surface area contributed by atoms with Crippen LogP contribution in [-0.2, 0) is 16.1 Å². The average Bonchev–Trinajstić information content (AvgIpc) is 2.93. The summed E-state index contributed by atoms with van der Waals surface area (Å²) in [5.74, 6) is -1.77. The largest absolute Gasteiger partial charge is 0.378 e. The monoisotopic (exact) mass is 575 g/mol. The van der Waals surface area contributed by atoms with E-state index >= 15 is 0 Å². The Morgan fingerprint density at radius 3 is 1.98 bits per heavy atom.